The molecule has 2 heterocycles. The predicted octanol–water partition coefficient (Wildman–Crippen LogP) is -0.605. The Kier molecular flexibility index (Phi) is 4.88. The molecule has 2 atom stereocenters. The summed E-state index contributed by atoms with van der Waals surface area (Å²) in [7, 11) is -3.19. The molecule has 0 aromatic carbocycles. The van der Waals surface area contributed by atoms with E-state index in [9.17, 15) is 18.0 Å². The third-order valence-corrected chi connectivity index (χ3v) is 5.48. The topological polar surface area (TPSA) is 86.8 Å². The molecule has 8 heteroatoms. The fourth-order valence-corrected chi connectivity index (χ4v) is 4.03. The quantitative estimate of drug-likeness (QED) is 0.750. The molecule has 0 saturated carbocycles. The first-order chi connectivity index (χ1) is 9.82. The molecule has 1 N–H and O–H groups in total. The highest BCUT2D eigenvalue weighted by molar-refractivity contribution is 7.88. The SMILES string of the molecule is CCC1C(=O)NCC(=O)N1CC1CCCN(S(C)(=O)=O)C1. The maximum absolute atomic E-state index is 12.0. The first-order valence-corrected chi connectivity index (χ1v) is 9.20. The molecule has 2 amide bonds. The Bertz CT molecular complexity index is 520. The van der Waals surface area contributed by atoms with Crippen molar-refractivity contribution < 1.29 is 18.0 Å². The summed E-state index contributed by atoms with van der Waals surface area (Å²) in [6.07, 6.45) is 3.46. The molecule has 2 saturated heterocycles. The fourth-order valence-electron chi connectivity index (χ4n) is 3.09. The second-order valence-electron chi connectivity index (χ2n) is 5.82. The number of amides is 2. The van der Waals surface area contributed by atoms with E-state index in [0.717, 1.165) is 12.8 Å². The molecular weight excluding hydrogens is 294 g/mol. The van der Waals surface area contributed by atoms with Gasteiger partial charge in [0.05, 0.1) is 12.8 Å². The summed E-state index contributed by atoms with van der Waals surface area (Å²) >= 11 is 0. The molecule has 2 aliphatic rings. The van der Waals surface area contributed by atoms with E-state index in [1.807, 2.05) is 6.92 Å². The van der Waals surface area contributed by atoms with Crippen LogP contribution >= 0.6 is 0 Å². The molecule has 2 rings (SSSR count). The number of nitrogens with zero attached hydrogens (tertiary/aromatic N) is 2. The molecule has 2 aliphatic heterocycles. The Morgan fingerprint density at radius 1 is 1.33 bits per heavy atom. The van der Waals surface area contributed by atoms with Gasteiger partial charge in [-0.2, -0.15) is 0 Å². The van der Waals surface area contributed by atoms with Crippen LogP contribution in [0.25, 0.3) is 0 Å². The van der Waals surface area contributed by atoms with Gasteiger partial charge in [0, 0.05) is 19.6 Å². The predicted molar refractivity (Wildman–Crippen MR) is 77.9 cm³/mol. The van der Waals surface area contributed by atoms with E-state index in [0.29, 0.717) is 26.1 Å². The van der Waals surface area contributed by atoms with Gasteiger partial charge in [-0.05, 0) is 25.2 Å². The Balaban J connectivity index is 2.05. The van der Waals surface area contributed by atoms with E-state index in [-0.39, 0.29) is 24.3 Å². The lowest BCUT2D eigenvalue weighted by atomic mass is 9.97. The number of hydrogen-bond acceptors (Lipinski definition) is 4. The van der Waals surface area contributed by atoms with Crippen LogP contribution in [0.3, 0.4) is 0 Å². The lowest BCUT2D eigenvalue weighted by Gasteiger charge is -2.39. The third-order valence-electron chi connectivity index (χ3n) is 4.21. The summed E-state index contributed by atoms with van der Waals surface area (Å²) in [6.45, 7) is 3.34. The Morgan fingerprint density at radius 3 is 2.67 bits per heavy atom. The Labute approximate surface area is 125 Å². The van der Waals surface area contributed by atoms with Crippen molar-refractivity contribution >= 4 is 21.8 Å². The van der Waals surface area contributed by atoms with Gasteiger partial charge in [-0.1, -0.05) is 6.92 Å². The smallest absolute Gasteiger partial charge is 0.243 e. The number of carbonyl (C=O) groups excluding carboxylic acids is 2. The zero-order valence-electron chi connectivity index (χ0n) is 12.5. The number of rotatable bonds is 4. The number of piperidine rings is 1. The van der Waals surface area contributed by atoms with Crippen LogP contribution < -0.4 is 5.32 Å². The molecule has 2 unspecified atom stereocenters. The van der Waals surface area contributed by atoms with Crippen LogP contribution in [0.4, 0.5) is 0 Å². The Hall–Kier alpha value is -1.15. The average Bonchev–Trinajstić information content (AvgIpc) is 2.43. The van der Waals surface area contributed by atoms with Gasteiger partial charge in [-0.15, -0.1) is 0 Å². The minimum Gasteiger partial charge on any atom is -0.345 e. The first-order valence-electron chi connectivity index (χ1n) is 7.35. The number of hydrogen-bond donors (Lipinski definition) is 1. The molecule has 0 aromatic heterocycles. The van der Waals surface area contributed by atoms with Gasteiger partial charge in [0.2, 0.25) is 21.8 Å². The van der Waals surface area contributed by atoms with E-state index >= 15 is 0 Å². The average molecular weight is 317 g/mol. The van der Waals surface area contributed by atoms with Crippen molar-refractivity contribution in [2.45, 2.75) is 32.2 Å². The van der Waals surface area contributed by atoms with Gasteiger partial charge in [0.15, 0.2) is 0 Å². The molecule has 0 radical (unpaired) electrons. The molecule has 0 spiro atoms. The van der Waals surface area contributed by atoms with Crippen LogP contribution in [0.5, 0.6) is 0 Å². The molecule has 2 fully saturated rings. The van der Waals surface area contributed by atoms with Crippen molar-refractivity contribution in [3.05, 3.63) is 0 Å². The fraction of sp³-hybridized carbons (Fsp3) is 0.846. The van der Waals surface area contributed by atoms with Gasteiger partial charge in [-0.25, -0.2) is 12.7 Å². The Morgan fingerprint density at radius 2 is 2.05 bits per heavy atom. The van der Waals surface area contributed by atoms with Crippen molar-refractivity contribution in [3.63, 3.8) is 0 Å². The van der Waals surface area contributed by atoms with Crippen LogP contribution in [0.15, 0.2) is 0 Å². The maximum Gasteiger partial charge on any atom is 0.243 e. The van der Waals surface area contributed by atoms with Crippen molar-refractivity contribution in [2.24, 2.45) is 5.92 Å². The van der Waals surface area contributed by atoms with Gasteiger partial charge >= 0.3 is 0 Å². The summed E-state index contributed by atoms with van der Waals surface area (Å²) in [4.78, 5) is 25.5. The highest BCUT2D eigenvalue weighted by Crippen LogP contribution is 2.22. The van der Waals surface area contributed by atoms with Crippen molar-refractivity contribution in [2.75, 3.05) is 32.4 Å². The monoisotopic (exact) mass is 317 g/mol. The van der Waals surface area contributed by atoms with Crippen LogP contribution in [0.2, 0.25) is 0 Å². The van der Waals surface area contributed by atoms with Gasteiger partial charge in [-0.3, -0.25) is 9.59 Å². The number of sulfonamides is 1. The third kappa shape index (κ3) is 3.74. The van der Waals surface area contributed by atoms with Crippen molar-refractivity contribution in [3.8, 4) is 0 Å². The second kappa shape index (κ2) is 6.31. The summed E-state index contributed by atoms with van der Waals surface area (Å²) in [6, 6.07) is -0.431. The molecule has 0 aromatic rings. The highest BCUT2D eigenvalue weighted by atomic mass is 32.2. The lowest BCUT2D eigenvalue weighted by Crippen LogP contribution is -2.59. The highest BCUT2D eigenvalue weighted by Gasteiger charge is 2.36. The van der Waals surface area contributed by atoms with E-state index < -0.39 is 16.1 Å². The van der Waals surface area contributed by atoms with Crippen LogP contribution in [-0.2, 0) is 19.6 Å². The molecule has 0 bridgehead atoms. The summed E-state index contributed by atoms with van der Waals surface area (Å²) in [5.74, 6) is -0.108. The summed E-state index contributed by atoms with van der Waals surface area (Å²) in [5, 5.41) is 2.60. The van der Waals surface area contributed by atoms with Gasteiger partial charge < -0.3 is 10.2 Å². The largest absolute Gasteiger partial charge is 0.345 e. The molecule has 0 aliphatic carbocycles. The lowest BCUT2D eigenvalue weighted by molar-refractivity contribution is -0.146. The van der Waals surface area contributed by atoms with Crippen LogP contribution in [0.1, 0.15) is 26.2 Å². The van der Waals surface area contributed by atoms with Gasteiger partial charge in [0.1, 0.15) is 6.04 Å². The number of piperazine rings is 1. The molecule has 120 valence electrons. The van der Waals surface area contributed by atoms with Gasteiger partial charge in [0.25, 0.3) is 0 Å². The van der Waals surface area contributed by atoms with E-state index in [1.54, 1.807) is 4.90 Å². The molecule has 7 nitrogen and oxygen atoms in total. The van der Waals surface area contributed by atoms with E-state index in [4.69, 9.17) is 0 Å². The first kappa shape index (κ1) is 16.2. The second-order valence-corrected chi connectivity index (χ2v) is 7.80. The van der Waals surface area contributed by atoms with Crippen molar-refractivity contribution in [1.82, 2.24) is 14.5 Å². The minimum absolute atomic E-state index is 0.0395. The van der Waals surface area contributed by atoms with Crippen LogP contribution in [0, 0.1) is 5.92 Å². The maximum atomic E-state index is 12.0. The molecule has 21 heavy (non-hydrogen) atoms. The molecular formula is C13H23N3O4S. The normalized spacial score (nSPS) is 28.6. The number of carbonyl (C=O) groups is 2. The standard InChI is InChI=1S/C13H23N3O4S/c1-3-11-13(18)14-7-12(17)16(11)9-10-5-4-6-15(8-10)21(2,19)20/h10-11H,3-9H2,1-2H3,(H,14,18). The summed E-state index contributed by atoms with van der Waals surface area (Å²) in [5.41, 5.74) is 0. The summed E-state index contributed by atoms with van der Waals surface area (Å²) < 4.78 is 24.8. The zero-order chi connectivity index (χ0) is 15.6. The van der Waals surface area contributed by atoms with E-state index in [2.05, 4.69) is 5.32 Å². The minimum atomic E-state index is -3.19. The zero-order valence-corrected chi connectivity index (χ0v) is 13.4. The van der Waals surface area contributed by atoms with E-state index in [1.165, 1.54) is 10.6 Å². The number of nitrogens with one attached hydrogen (secondary N) is 1. The van der Waals surface area contributed by atoms with Crippen molar-refractivity contribution in [1.29, 1.82) is 0 Å². The van der Waals surface area contributed by atoms with Crippen LogP contribution in [-0.4, -0.2) is 67.9 Å².